The highest BCUT2D eigenvalue weighted by atomic mass is 16.5. The number of aldehydes is 1. The third-order valence-electron chi connectivity index (χ3n) is 2.43. The van der Waals surface area contributed by atoms with Gasteiger partial charge < -0.3 is 9.30 Å². The number of benzene rings is 1. The predicted molar refractivity (Wildman–Crippen MR) is 61.9 cm³/mol. The Hall–Kier alpha value is -2.03. The average molecular weight is 215 g/mol. The van der Waals surface area contributed by atoms with Crippen molar-refractivity contribution in [3.8, 4) is 5.75 Å². The van der Waals surface area contributed by atoms with Crippen LogP contribution in [0.15, 0.2) is 42.7 Å². The monoisotopic (exact) mass is 215 g/mol. The van der Waals surface area contributed by atoms with E-state index >= 15 is 0 Å². The standard InChI is InChI=1S/C13H13NO2/c1-16-13-4-2-11(3-5-13)8-14-7-6-12(9-14)10-15/h2-7,9-10H,8H2,1H3. The van der Waals surface area contributed by atoms with Gasteiger partial charge in [0.2, 0.25) is 0 Å². The first-order valence-corrected chi connectivity index (χ1v) is 5.05. The quantitative estimate of drug-likeness (QED) is 0.733. The summed E-state index contributed by atoms with van der Waals surface area (Å²) < 4.78 is 7.07. The van der Waals surface area contributed by atoms with Gasteiger partial charge in [-0.3, -0.25) is 4.79 Å². The van der Waals surface area contributed by atoms with Crippen LogP contribution in [0.3, 0.4) is 0 Å². The van der Waals surface area contributed by atoms with E-state index in [4.69, 9.17) is 4.74 Å². The van der Waals surface area contributed by atoms with E-state index < -0.39 is 0 Å². The van der Waals surface area contributed by atoms with Gasteiger partial charge >= 0.3 is 0 Å². The minimum absolute atomic E-state index is 0.702. The third kappa shape index (κ3) is 2.31. The summed E-state index contributed by atoms with van der Waals surface area (Å²) in [6.45, 7) is 0.762. The number of carbonyl (C=O) groups excluding carboxylic acids is 1. The summed E-state index contributed by atoms with van der Waals surface area (Å²) in [5.41, 5.74) is 1.88. The Morgan fingerprint density at radius 3 is 2.56 bits per heavy atom. The second-order valence-corrected chi connectivity index (χ2v) is 3.58. The maximum Gasteiger partial charge on any atom is 0.151 e. The molecular weight excluding hydrogens is 202 g/mol. The molecule has 0 unspecified atom stereocenters. The van der Waals surface area contributed by atoms with E-state index in [1.54, 1.807) is 13.2 Å². The highest BCUT2D eigenvalue weighted by Gasteiger charge is 1.97. The molecule has 1 aromatic carbocycles. The van der Waals surface area contributed by atoms with Crippen LogP contribution in [0.5, 0.6) is 5.75 Å². The molecule has 0 N–H and O–H groups in total. The fourth-order valence-corrected chi connectivity index (χ4v) is 1.57. The molecule has 16 heavy (non-hydrogen) atoms. The molecule has 0 bridgehead atoms. The number of nitrogens with zero attached hydrogens (tertiary/aromatic N) is 1. The van der Waals surface area contributed by atoms with E-state index in [1.165, 1.54) is 5.56 Å². The van der Waals surface area contributed by atoms with Crippen molar-refractivity contribution in [1.29, 1.82) is 0 Å². The van der Waals surface area contributed by atoms with Crippen LogP contribution in [-0.4, -0.2) is 18.0 Å². The van der Waals surface area contributed by atoms with Crippen molar-refractivity contribution in [2.45, 2.75) is 6.54 Å². The number of aromatic nitrogens is 1. The molecule has 1 aromatic heterocycles. The molecule has 2 rings (SSSR count). The molecule has 0 aliphatic rings. The Morgan fingerprint density at radius 1 is 1.25 bits per heavy atom. The molecule has 0 aliphatic carbocycles. The van der Waals surface area contributed by atoms with Crippen LogP contribution in [0.2, 0.25) is 0 Å². The van der Waals surface area contributed by atoms with Gasteiger partial charge in [-0.15, -0.1) is 0 Å². The number of methoxy groups -OCH3 is 1. The molecule has 3 nitrogen and oxygen atoms in total. The van der Waals surface area contributed by atoms with E-state index in [0.717, 1.165) is 18.6 Å². The van der Waals surface area contributed by atoms with Gasteiger partial charge in [-0.1, -0.05) is 12.1 Å². The Kier molecular flexibility index (Phi) is 3.05. The Labute approximate surface area is 94.3 Å². The Balaban J connectivity index is 2.10. The Bertz CT molecular complexity index is 471. The van der Waals surface area contributed by atoms with Gasteiger partial charge in [0.05, 0.1) is 7.11 Å². The van der Waals surface area contributed by atoms with Crippen LogP contribution in [0.25, 0.3) is 0 Å². The van der Waals surface area contributed by atoms with E-state index in [1.807, 2.05) is 41.2 Å². The lowest BCUT2D eigenvalue weighted by atomic mass is 10.2. The molecule has 0 atom stereocenters. The van der Waals surface area contributed by atoms with Crippen LogP contribution in [0.4, 0.5) is 0 Å². The molecule has 0 fully saturated rings. The maximum absolute atomic E-state index is 10.5. The molecule has 0 aliphatic heterocycles. The van der Waals surface area contributed by atoms with Crippen molar-refractivity contribution in [2.24, 2.45) is 0 Å². The summed E-state index contributed by atoms with van der Waals surface area (Å²) >= 11 is 0. The minimum atomic E-state index is 0.702. The average Bonchev–Trinajstić information content (AvgIpc) is 2.78. The van der Waals surface area contributed by atoms with Crippen molar-refractivity contribution in [3.63, 3.8) is 0 Å². The van der Waals surface area contributed by atoms with Crippen LogP contribution in [0.1, 0.15) is 15.9 Å². The molecule has 82 valence electrons. The van der Waals surface area contributed by atoms with Gasteiger partial charge in [0, 0.05) is 24.5 Å². The van der Waals surface area contributed by atoms with Gasteiger partial charge in [0.1, 0.15) is 5.75 Å². The van der Waals surface area contributed by atoms with E-state index in [9.17, 15) is 4.79 Å². The highest BCUT2D eigenvalue weighted by molar-refractivity contribution is 5.74. The van der Waals surface area contributed by atoms with Crippen molar-refractivity contribution < 1.29 is 9.53 Å². The van der Waals surface area contributed by atoms with Gasteiger partial charge in [0.25, 0.3) is 0 Å². The normalized spacial score (nSPS) is 10.1. The lowest BCUT2D eigenvalue weighted by Gasteiger charge is -2.04. The number of carbonyl (C=O) groups is 1. The van der Waals surface area contributed by atoms with Crippen molar-refractivity contribution in [3.05, 3.63) is 53.9 Å². The lowest BCUT2D eigenvalue weighted by molar-refractivity contribution is 0.112. The smallest absolute Gasteiger partial charge is 0.151 e. The van der Waals surface area contributed by atoms with Crippen LogP contribution >= 0.6 is 0 Å². The van der Waals surface area contributed by atoms with Gasteiger partial charge in [-0.2, -0.15) is 0 Å². The largest absolute Gasteiger partial charge is 0.497 e. The van der Waals surface area contributed by atoms with E-state index in [0.29, 0.717) is 5.56 Å². The van der Waals surface area contributed by atoms with E-state index in [-0.39, 0.29) is 0 Å². The fourth-order valence-electron chi connectivity index (χ4n) is 1.57. The van der Waals surface area contributed by atoms with Gasteiger partial charge in [0.15, 0.2) is 6.29 Å². The first-order valence-electron chi connectivity index (χ1n) is 5.05. The van der Waals surface area contributed by atoms with Crippen molar-refractivity contribution >= 4 is 6.29 Å². The zero-order valence-electron chi connectivity index (χ0n) is 9.09. The zero-order chi connectivity index (χ0) is 11.4. The zero-order valence-corrected chi connectivity index (χ0v) is 9.09. The number of ether oxygens (including phenoxy) is 1. The predicted octanol–water partition coefficient (Wildman–Crippen LogP) is 2.36. The number of hydrogen-bond acceptors (Lipinski definition) is 2. The second kappa shape index (κ2) is 4.66. The molecule has 2 aromatic rings. The molecule has 0 radical (unpaired) electrons. The number of rotatable bonds is 4. The molecule has 0 saturated carbocycles. The fraction of sp³-hybridized carbons (Fsp3) is 0.154. The number of hydrogen-bond donors (Lipinski definition) is 0. The van der Waals surface area contributed by atoms with Crippen LogP contribution < -0.4 is 4.74 Å². The molecule has 0 saturated heterocycles. The summed E-state index contributed by atoms with van der Waals surface area (Å²) in [5, 5.41) is 0. The lowest BCUT2D eigenvalue weighted by Crippen LogP contribution is -1.96. The SMILES string of the molecule is COc1ccc(Cn2ccc(C=O)c2)cc1. The van der Waals surface area contributed by atoms with E-state index in [2.05, 4.69) is 0 Å². The van der Waals surface area contributed by atoms with Gasteiger partial charge in [-0.25, -0.2) is 0 Å². The highest BCUT2D eigenvalue weighted by Crippen LogP contribution is 2.12. The Morgan fingerprint density at radius 2 is 2.00 bits per heavy atom. The minimum Gasteiger partial charge on any atom is -0.497 e. The topological polar surface area (TPSA) is 31.2 Å². The summed E-state index contributed by atoms with van der Waals surface area (Å²) in [7, 11) is 1.65. The van der Waals surface area contributed by atoms with Gasteiger partial charge in [-0.05, 0) is 23.8 Å². The van der Waals surface area contributed by atoms with Crippen LogP contribution in [-0.2, 0) is 6.54 Å². The summed E-state index contributed by atoms with van der Waals surface area (Å²) in [6.07, 6.45) is 4.58. The van der Waals surface area contributed by atoms with Crippen molar-refractivity contribution in [2.75, 3.05) is 7.11 Å². The molecule has 0 spiro atoms. The second-order valence-electron chi connectivity index (χ2n) is 3.58. The summed E-state index contributed by atoms with van der Waals surface area (Å²) in [6, 6.07) is 9.69. The van der Waals surface area contributed by atoms with Crippen molar-refractivity contribution in [1.82, 2.24) is 4.57 Å². The molecule has 0 amide bonds. The first kappa shape index (κ1) is 10.5. The maximum atomic E-state index is 10.5. The first-order chi connectivity index (χ1) is 7.81. The van der Waals surface area contributed by atoms with Crippen LogP contribution in [0, 0.1) is 0 Å². The summed E-state index contributed by atoms with van der Waals surface area (Å²) in [4.78, 5) is 10.5. The molecule has 3 heteroatoms. The molecular formula is C13H13NO2. The third-order valence-corrected chi connectivity index (χ3v) is 2.43. The molecule has 1 heterocycles. The summed E-state index contributed by atoms with van der Waals surface area (Å²) in [5.74, 6) is 0.852.